The molecule has 2 aromatic heterocycles. The predicted molar refractivity (Wildman–Crippen MR) is 97.2 cm³/mol. The standard InChI is InChI=1S/C18H13F3N4O4S/c1-17(11-2-4-12(5-3-11)28-18(19,20)21)15(26)25(16(27)23-17)8-13-22-14(29-24-13)10-6-7-30-9-10/h2-7,9H,8H2,1H3,(H,23,27). The second-order valence-corrected chi connectivity index (χ2v) is 7.33. The average molecular weight is 438 g/mol. The van der Waals surface area contributed by atoms with E-state index in [9.17, 15) is 22.8 Å². The van der Waals surface area contributed by atoms with Gasteiger partial charge in [-0.25, -0.2) is 4.79 Å². The van der Waals surface area contributed by atoms with Gasteiger partial charge in [0.2, 0.25) is 0 Å². The fourth-order valence-electron chi connectivity index (χ4n) is 2.99. The lowest BCUT2D eigenvalue weighted by Crippen LogP contribution is -2.40. The van der Waals surface area contributed by atoms with E-state index >= 15 is 0 Å². The molecule has 1 fully saturated rings. The first-order valence-electron chi connectivity index (χ1n) is 8.51. The monoisotopic (exact) mass is 438 g/mol. The summed E-state index contributed by atoms with van der Waals surface area (Å²) in [7, 11) is 0. The quantitative estimate of drug-likeness (QED) is 0.611. The fraction of sp³-hybridized carbons (Fsp3) is 0.222. The van der Waals surface area contributed by atoms with Crippen LogP contribution in [0.15, 0.2) is 45.6 Å². The largest absolute Gasteiger partial charge is 0.573 e. The Kier molecular flexibility index (Phi) is 4.73. The van der Waals surface area contributed by atoms with E-state index in [2.05, 4.69) is 20.2 Å². The lowest BCUT2D eigenvalue weighted by Gasteiger charge is -2.22. The molecule has 1 N–H and O–H groups in total. The molecule has 0 aliphatic carbocycles. The summed E-state index contributed by atoms with van der Waals surface area (Å²) in [5.41, 5.74) is -0.444. The van der Waals surface area contributed by atoms with Gasteiger partial charge in [0.25, 0.3) is 11.8 Å². The molecular weight excluding hydrogens is 425 g/mol. The van der Waals surface area contributed by atoms with Gasteiger partial charge in [-0.1, -0.05) is 17.3 Å². The van der Waals surface area contributed by atoms with Gasteiger partial charge in [-0.15, -0.1) is 13.2 Å². The Bertz CT molecular complexity index is 1080. The van der Waals surface area contributed by atoms with Crippen LogP contribution in [0.2, 0.25) is 0 Å². The number of thiophene rings is 1. The molecule has 3 aromatic rings. The number of aromatic nitrogens is 2. The lowest BCUT2D eigenvalue weighted by atomic mass is 9.92. The van der Waals surface area contributed by atoms with Crippen molar-refractivity contribution in [2.75, 3.05) is 0 Å². The summed E-state index contributed by atoms with van der Waals surface area (Å²) >= 11 is 1.45. The fourth-order valence-corrected chi connectivity index (χ4v) is 3.62. The molecule has 3 heterocycles. The second-order valence-electron chi connectivity index (χ2n) is 6.55. The maximum absolute atomic E-state index is 12.9. The SMILES string of the molecule is CC1(c2ccc(OC(F)(F)F)cc2)NC(=O)N(Cc2noc(-c3ccsc3)n2)C1=O. The molecule has 1 aromatic carbocycles. The number of benzene rings is 1. The molecule has 3 amide bonds. The van der Waals surface area contributed by atoms with Gasteiger partial charge in [0, 0.05) is 5.38 Å². The molecule has 0 spiro atoms. The van der Waals surface area contributed by atoms with Gasteiger partial charge in [0.05, 0.1) is 12.1 Å². The van der Waals surface area contributed by atoms with Gasteiger partial charge in [-0.3, -0.25) is 9.69 Å². The molecule has 1 aliphatic rings. The minimum absolute atomic E-state index is 0.137. The number of carbonyl (C=O) groups excluding carboxylic acids is 2. The van der Waals surface area contributed by atoms with Crippen molar-refractivity contribution < 1.29 is 32.0 Å². The van der Waals surface area contributed by atoms with Crippen LogP contribution in [0.25, 0.3) is 11.5 Å². The highest BCUT2D eigenvalue weighted by Gasteiger charge is 2.49. The van der Waals surface area contributed by atoms with Crippen LogP contribution in [0.5, 0.6) is 5.75 Å². The maximum atomic E-state index is 12.9. The number of ether oxygens (including phenoxy) is 1. The summed E-state index contributed by atoms with van der Waals surface area (Å²) in [6, 6.07) is 5.82. The number of hydrogen-bond donors (Lipinski definition) is 1. The number of amides is 3. The molecule has 0 radical (unpaired) electrons. The number of urea groups is 1. The van der Waals surface area contributed by atoms with Gasteiger partial charge in [0.1, 0.15) is 11.3 Å². The van der Waals surface area contributed by atoms with Gasteiger partial charge < -0.3 is 14.6 Å². The minimum atomic E-state index is -4.83. The van der Waals surface area contributed by atoms with E-state index in [1.807, 2.05) is 10.8 Å². The first-order valence-corrected chi connectivity index (χ1v) is 9.45. The van der Waals surface area contributed by atoms with E-state index in [-0.39, 0.29) is 18.3 Å². The molecule has 12 heteroatoms. The van der Waals surface area contributed by atoms with Gasteiger partial charge >= 0.3 is 12.4 Å². The Balaban J connectivity index is 1.52. The summed E-state index contributed by atoms with van der Waals surface area (Å²) in [6.45, 7) is 1.24. The van der Waals surface area contributed by atoms with Crippen LogP contribution < -0.4 is 10.1 Å². The summed E-state index contributed by atoms with van der Waals surface area (Å²) in [5, 5.41) is 10.0. The molecule has 1 unspecified atom stereocenters. The third-order valence-electron chi connectivity index (χ3n) is 4.48. The van der Waals surface area contributed by atoms with Crippen molar-refractivity contribution in [2.45, 2.75) is 25.4 Å². The van der Waals surface area contributed by atoms with E-state index < -0.39 is 29.6 Å². The number of hydrogen-bond acceptors (Lipinski definition) is 7. The zero-order chi connectivity index (χ0) is 21.5. The van der Waals surface area contributed by atoms with Crippen molar-refractivity contribution in [3.8, 4) is 17.2 Å². The topological polar surface area (TPSA) is 97.6 Å². The van der Waals surface area contributed by atoms with Crippen LogP contribution >= 0.6 is 11.3 Å². The molecule has 156 valence electrons. The summed E-state index contributed by atoms with van der Waals surface area (Å²) in [5.74, 6) is -0.630. The number of halogens is 3. The molecular formula is C18H13F3N4O4S. The lowest BCUT2D eigenvalue weighted by molar-refractivity contribution is -0.274. The number of nitrogens with one attached hydrogen (secondary N) is 1. The van der Waals surface area contributed by atoms with Crippen molar-refractivity contribution in [2.24, 2.45) is 0 Å². The minimum Gasteiger partial charge on any atom is -0.406 e. The molecule has 1 atom stereocenters. The zero-order valence-electron chi connectivity index (χ0n) is 15.3. The van der Waals surface area contributed by atoms with E-state index in [4.69, 9.17) is 4.52 Å². The predicted octanol–water partition coefficient (Wildman–Crippen LogP) is 3.66. The highest BCUT2D eigenvalue weighted by molar-refractivity contribution is 7.08. The molecule has 0 bridgehead atoms. The Labute approximate surface area is 171 Å². The summed E-state index contributed by atoms with van der Waals surface area (Å²) < 4.78 is 45.9. The molecule has 4 rings (SSSR count). The Hall–Kier alpha value is -3.41. The Morgan fingerprint density at radius 2 is 1.97 bits per heavy atom. The highest BCUT2D eigenvalue weighted by atomic mass is 32.1. The molecule has 8 nitrogen and oxygen atoms in total. The van der Waals surface area contributed by atoms with Crippen LogP contribution in [0.1, 0.15) is 18.3 Å². The van der Waals surface area contributed by atoms with E-state index in [0.29, 0.717) is 5.56 Å². The summed E-state index contributed by atoms with van der Waals surface area (Å²) in [4.78, 5) is 30.4. The van der Waals surface area contributed by atoms with Gasteiger partial charge in [0.15, 0.2) is 5.82 Å². The first kappa shape index (κ1) is 19.9. The van der Waals surface area contributed by atoms with Crippen molar-refractivity contribution in [3.05, 3.63) is 52.5 Å². The van der Waals surface area contributed by atoms with Crippen molar-refractivity contribution in [3.63, 3.8) is 0 Å². The van der Waals surface area contributed by atoms with Crippen LogP contribution in [0, 0.1) is 0 Å². The Morgan fingerprint density at radius 1 is 1.23 bits per heavy atom. The molecule has 0 saturated carbocycles. The number of imide groups is 1. The second kappa shape index (κ2) is 7.13. The van der Waals surface area contributed by atoms with Crippen LogP contribution in [-0.2, 0) is 16.9 Å². The summed E-state index contributed by atoms with van der Waals surface area (Å²) in [6.07, 6.45) is -4.83. The van der Waals surface area contributed by atoms with Gasteiger partial charge in [-0.2, -0.15) is 16.3 Å². The van der Waals surface area contributed by atoms with E-state index in [1.165, 1.54) is 30.4 Å². The molecule has 1 saturated heterocycles. The average Bonchev–Trinajstić information content (AvgIpc) is 3.39. The zero-order valence-corrected chi connectivity index (χ0v) is 16.1. The molecule has 30 heavy (non-hydrogen) atoms. The first-order chi connectivity index (χ1) is 14.2. The van der Waals surface area contributed by atoms with Crippen molar-refractivity contribution >= 4 is 23.3 Å². The van der Waals surface area contributed by atoms with Crippen LogP contribution in [0.4, 0.5) is 18.0 Å². The van der Waals surface area contributed by atoms with Crippen molar-refractivity contribution in [1.82, 2.24) is 20.4 Å². The highest BCUT2D eigenvalue weighted by Crippen LogP contribution is 2.32. The van der Waals surface area contributed by atoms with E-state index in [1.54, 1.807) is 6.07 Å². The third-order valence-corrected chi connectivity index (χ3v) is 5.16. The van der Waals surface area contributed by atoms with E-state index in [0.717, 1.165) is 22.6 Å². The maximum Gasteiger partial charge on any atom is 0.573 e. The number of nitrogens with zero attached hydrogens (tertiary/aromatic N) is 3. The molecule has 1 aliphatic heterocycles. The van der Waals surface area contributed by atoms with Crippen molar-refractivity contribution in [1.29, 1.82) is 0 Å². The smallest absolute Gasteiger partial charge is 0.406 e. The number of alkyl halides is 3. The normalized spacial score (nSPS) is 19.3. The number of carbonyl (C=O) groups is 2. The van der Waals surface area contributed by atoms with Gasteiger partial charge in [-0.05, 0) is 36.1 Å². The van der Waals surface area contributed by atoms with Crippen LogP contribution in [-0.4, -0.2) is 33.3 Å². The Morgan fingerprint density at radius 3 is 2.60 bits per heavy atom. The van der Waals surface area contributed by atoms with Crippen LogP contribution in [0.3, 0.4) is 0 Å². The third kappa shape index (κ3) is 3.73. The number of rotatable bonds is 5.